The van der Waals surface area contributed by atoms with Gasteiger partial charge in [0.15, 0.2) is 0 Å². The standard InChI is InChI=1S/C20H27NO4/c1-23-16-6-4-15(5-7-16)20(9-10-20)19(22)21-17-13-24-11-8-18(17)25-12-14-2-3-14/h4-7,14,17-18H,2-3,8-13H2,1H3,(H,21,22)/t17-,18+/m1/s1. The minimum atomic E-state index is -0.384. The van der Waals surface area contributed by atoms with Gasteiger partial charge < -0.3 is 19.5 Å². The van der Waals surface area contributed by atoms with Crippen molar-refractivity contribution in [3.63, 3.8) is 0 Å². The molecule has 25 heavy (non-hydrogen) atoms. The SMILES string of the molecule is COc1ccc(C2(C(=O)N[C@@H]3COCC[C@@H]3OCC3CC3)CC2)cc1. The van der Waals surface area contributed by atoms with Gasteiger partial charge in [-0.3, -0.25) is 4.79 Å². The Morgan fingerprint density at radius 2 is 2.00 bits per heavy atom. The van der Waals surface area contributed by atoms with E-state index in [1.54, 1.807) is 7.11 Å². The number of hydrogen-bond acceptors (Lipinski definition) is 4. The van der Waals surface area contributed by atoms with Crippen LogP contribution < -0.4 is 10.1 Å². The van der Waals surface area contributed by atoms with Gasteiger partial charge in [0, 0.05) is 13.2 Å². The van der Waals surface area contributed by atoms with E-state index in [9.17, 15) is 4.79 Å². The monoisotopic (exact) mass is 345 g/mol. The van der Waals surface area contributed by atoms with Gasteiger partial charge in [0.1, 0.15) is 5.75 Å². The Bertz CT molecular complexity index is 607. The molecule has 0 bridgehead atoms. The highest BCUT2D eigenvalue weighted by Gasteiger charge is 2.52. The highest BCUT2D eigenvalue weighted by molar-refractivity contribution is 5.91. The first kappa shape index (κ1) is 16.9. The molecule has 0 radical (unpaired) electrons. The third-order valence-electron chi connectivity index (χ3n) is 5.68. The van der Waals surface area contributed by atoms with Crippen LogP contribution >= 0.6 is 0 Å². The largest absolute Gasteiger partial charge is 0.497 e. The van der Waals surface area contributed by atoms with Crippen molar-refractivity contribution in [2.24, 2.45) is 5.92 Å². The first-order valence-electron chi connectivity index (χ1n) is 9.36. The van der Waals surface area contributed by atoms with Crippen LogP contribution in [0.3, 0.4) is 0 Å². The minimum Gasteiger partial charge on any atom is -0.497 e. The van der Waals surface area contributed by atoms with Crippen molar-refractivity contribution in [3.8, 4) is 5.75 Å². The number of hydrogen-bond donors (Lipinski definition) is 1. The summed E-state index contributed by atoms with van der Waals surface area (Å²) in [6, 6.07) is 7.81. The molecule has 0 aromatic heterocycles. The summed E-state index contributed by atoms with van der Waals surface area (Å²) < 4.78 is 16.9. The van der Waals surface area contributed by atoms with Gasteiger partial charge >= 0.3 is 0 Å². The Hall–Kier alpha value is -1.59. The van der Waals surface area contributed by atoms with E-state index >= 15 is 0 Å². The van der Waals surface area contributed by atoms with Crippen LogP contribution in [0.5, 0.6) is 5.75 Å². The van der Waals surface area contributed by atoms with Crippen LogP contribution in [0.25, 0.3) is 0 Å². The maximum atomic E-state index is 13.0. The van der Waals surface area contributed by atoms with Gasteiger partial charge in [-0.25, -0.2) is 0 Å². The summed E-state index contributed by atoms with van der Waals surface area (Å²) in [5.41, 5.74) is 0.683. The lowest BCUT2D eigenvalue weighted by atomic mass is 9.94. The Labute approximate surface area is 149 Å². The summed E-state index contributed by atoms with van der Waals surface area (Å²) in [7, 11) is 1.65. The van der Waals surface area contributed by atoms with Crippen molar-refractivity contribution in [2.45, 2.75) is 49.7 Å². The van der Waals surface area contributed by atoms with Crippen LogP contribution in [0.4, 0.5) is 0 Å². The predicted molar refractivity (Wildman–Crippen MR) is 93.7 cm³/mol. The Balaban J connectivity index is 1.40. The fourth-order valence-corrected chi connectivity index (χ4v) is 3.59. The smallest absolute Gasteiger partial charge is 0.231 e. The number of methoxy groups -OCH3 is 1. The lowest BCUT2D eigenvalue weighted by Gasteiger charge is -2.33. The first-order chi connectivity index (χ1) is 12.2. The molecule has 2 aliphatic carbocycles. The molecule has 1 aliphatic heterocycles. The molecule has 1 heterocycles. The summed E-state index contributed by atoms with van der Waals surface area (Å²) in [5, 5.41) is 3.22. The van der Waals surface area contributed by atoms with Crippen molar-refractivity contribution in [2.75, 3.05) is 26.9 Å². The average molecular weight is 345 g/mol. The predicted octanol–water partition coefficient (Wildman–Crippen LogP) is 2.43. The molecule has 1 aromatic rings. The van der Waals surface area contributed by atoms with Crippen LogP contribution in [-0.2, 0) is 19.7 Å². The summed E-state index contributed by atoms with van der Waals surface area (Å²) in [5.74, 6) is 1.65. The zero-order valence-electron chi connectivity index (χ0n) is 14.8. The molecule has 2 atom stereocenters. The molecule has 1 aromatic carbocycles. The van der Waals surface area contributed by atoms with E-state index in [2.05, 4.69) is 5.32 Å². The normalized spacial score (nSPS) is 27.6. The van der Waals surface area contributed by atoms with Crippen LogP contribution in [0.15, 0.2) is 24.3 Å². The summed E-state index contributed by atoms with van der Waals surface area (Å²) in [6.07, 6.45) is 5.28. The first-order valence-corrected chi connectivity index (χ1v) is 9.36. The molecule has 1 saturated heterocycles. The third kappa shape index (κ3) is 3.67. The number of benzene rings is 1. The van der Waals surface area contributed by atoms with E-state index in [1.165, 1.54) is 12.8 Å². The van der Waals surface area contributed by atoms with Gasteiger partial charge in [-0.1, -0.05) is 12.1 Å². The molecule has 0 unspecified atom stereocenters. The quantitative estimate of drug-likeness (QED) is 0.825. The molecule has 4 rings (SSSR count). The van der Waals surface area contributed by atoms with Gasteiger partial charge in [0.05, 0.1) is 31.3 Å². The van der Waals surface area contributed by atoms with E-state index < -0.39 is 0 Å². The zero-order chi connectivity index (χ0) is 17.3. The van der Waals surface area contributed by atoms with E-state index in [1.807, 2.05) is 24.3 Å². The summed E-state index contributed by atoms with van der Waals surface area (Å²) >= 11 is 0. The second kappa shape index (κ2) is 6.96. The molecule has 2 saturated carbocycles. The number of amides is 1. The highest BCUT2D eigenvalue weighted by atomic mass is 16.5. The molecule has 5 heteroatoms. The molecule has 1 amide bonds. The number of nitrogens with one attached hydrogen (secondary N) is 1. The van der Waals surface area contributed by atoms with Crippen molar-refractivity contribution >= 4 is 5.91 Å². The molecule has 136 valence electrons. The zero-order valence-corrected chi connectivity index (χ0v) is 14.8. The molecular weight excluding hydrogens is 318 g/mol. The van der Waals surface area contributed by atoms with Gasteiger partial charge in [-0.15, -0.1) is 0 Å². The molecule has 3 fully saturated rings. The minimum absolute atomic E-state index is 0.0456. The number of rotatable bonds is 7. The molecule has 1 N–H and O–H groups in total. The van der Waals surface area contributed by atoms with E-state index in [0.29, 0.717) is 13.2 Å². The maximum absolute atomic E-state index is 13.0. The van der Waals surface area contributed by atoms with Crippen LogP contribution in [-0.4, -0.2) is 45.0 Å². The van der Waals surface area contributed by atoms with Gasteiger partial charge in [0.25, 0.3) is 0 Å². The van der Waals surface area contributed by atoms with E-state index in [0.717, 1.165) is 43.1 Å². The molecular formula is C20H27NO4. The Morgan fingerprint density at radius 3 is 2.64 bits per heavy atom. The molecule has 3 aliphatic rings. The second-order valence-electron chi connectivity index (χ2n) is 7.57. The Kier molecular flexibility index (Phi) is 4.69. The van der Waals surface area contributed by atoms with Crippen LogP contribution in [0, 0.1) is 5.92 Å². The number of carbonyl (C=O) groups excluding carboxylic acids is 1. The van der Waals surface area contributed by atoms with Crippen LogP contribution in [0.2, 0.25) is 0 Å². The fourth-order valence-electron chi connectivity index (χ4n) is 3.59. The Morgan fingerprint density at radius 1 is 1.24 bits per heavy atom. The third-order valence-corrected chi connectivity index (χ3v) is 5.68. The average Bonchev–Trinajstić information content (AvgIpc) is 3.56. The summed E-state index contributed by atoms with van der Waals surface area (Å²) in [4.78, 5) is 13.0. The lowest BCUT2D eigenvalue weighted by Crippen LogP contribution is -2.53. The lowest BCUT2D eigenvalue weighted by molar-refractivity contribution is -0.128. The van der Waals surface area contributed by atoms with E-state index in [-0.39, 0.29) is 23.5 Å². The van der Waals surface area contributed by atoms with Crippen molar-refractivity contribution in [1.29, 1.82) is 0 Å². The van der Waals surface area contributed by atoms with Crippen molar-refractivity contribution < 1.29 is 19.0 Å². The van der Waals surface area contributed by atoms with E-state index in [4.69, 9.17) is 14.2 Å². The van der Waals surface area contributed by atoms with Gasteiger partial charge in [0.2, 0.25) is 5.91 Å². The highest BCUT2D eigenvalue weighted by Crippen LogP contribution is 2.48. The molecule has 0 spiro atoms. The fraction of sp³-hybridized carbons (Fsp3) is 0.650. The topological polar surface area (TPSA) is 56.8 Å². The van der Waals surface area contributed by atoms with Crippen LogP contribution in [0.1, 0.15) is 37.7 Å². The van der Waals surface area contributed by atoms with Gasteiger partial charge in [-0.2, -0.15) is 0 Å². The van der Waals surface area contributed by atoms with Crippen molar-refractivity contribution in [3.05, 3.63) is 29.8 Å². The molecule has 5 nitrogen and oxygen atoms in total. The summed E-state index contributed by atoms with van der Waals surface area (Å²) in [6.45, 7) is 2.08. The van der Waals surface area contributed by atoms with Gasteiger partial charge in [-0.05, 0) is 55.7 Å². The number of ether oxygens (including phenoxy) is 3. The number of carbonyl (C=O) groups is 1. The maximum Gasteiger partial charge on any atom is 0.231 e. The van der Waals surface area contributed by atoms with Crippen molar-refractivity contribution in [1.82, 2.24) is 5.32 Å². The second-order valence-corrected chi connectivity index (χ2v) is 7.57.